The van der Waals surface area contributed by atoms with Crippen molar-refractivity contribution in [3.8, 4) is 33.5 Å². The predicted molar refractivity (Wildman–Crippen MR) is 142 cm³/mol. The Labute approximate surface area is 199 Å². The van der Waals surface area contributed by atoms with Crippen LogP contribution in [0.1, 0.15) is 25.3 Å². The molecule has 0 spiro atoms. The second-order valence-corrected chi connectivity index (χ2v) is 9.06. The molecule has 34 heavy (non-hydrogen) atoms. The first kappa shape index (κ1) is 20.4. The van der Waals surface area contributed by atoms with Crippen LogP contribution in [0.25, 0.3) is 55.4 Å². The van der Waals surface area contributed by atoms with Crippen LogP contribution >= 0.6 is 0 Å². The largest absolute Gasteiger partial charge is 0.456 e. The van der Waals surface area contributed by atoms with Crippen LogP contribution in [0.5, 0.6) is 0 Å². The fourth-order valence-electron chi connectivity index (χ4n) is 4.66. The van der Waals surface area contributed by atoms with E-state index in [0.29, 0.717) is 5.92 Å². The van der Waals surface area contributed by atoms with Gasteiger partial charge in [0.05, 0.1) is 5.69 Å². The van der Waals surface area contributed by atoms with Crippen molar-refractivity contribution in [1.29, 1.82) is 0 Å². The molecule has 2 heteroatoms. The highest BCUT2D eigenvalue weighted by atomic mass is 16.3. The van der Waals surface area contributed by atoms with Crippen molar-refractivity contribution in [2.75, 3.05) is 0 Å². The maximum Gasteiger partial charge on any atom is 0.136 e. The molecule has 0 fully saturated rings. The Kier molecular flexibility index (Phi) is 5.00. The van der Waals surface area contributed by atoms with E-state index in [0.717, 1.165) is 33.2 Å². The van der Waals surface area contributed by atoms with Crippen LogP contribution in [-0.4, -0.2) is 4.98 Å². The Morgan fingerprint density at radius 1 is 0.618 bits per heavy atom. The van der Waals surface area contributed by atoms with Crippen LogP contribution in [0.2, 0.25) is 0 Å². The lowest BCUT2D eigenvalue weighted by molar-refractivity contribution is 0.669. The standard InChI is InChI=1S/C32H25NO/c1-21(2)25-17-18-33-29(19-25)26-15-16-28-31(20-26)34-30-10-6-9-27(32(28)30)24-13-11-23(12-14-24)22-7-4-3-5-8-22/h3-21H,1-2H3. The van der Waals surface area contributed by atoms with E-state index in [4.69, 9.17) is 4.42 Å². The number of rotatable bonds is 4. The van der Waals surface area contributed by atoms with E-state index in [1.165, 1.54) is 27.8 Å². The van der Waals surface area contributed by atoms with Gasteiger partial charge in [-0.15, -0.1) is 0 Å². The minimum atomic E-state index is 0.465. The Hall–Kier alpha value is -4.17. The summed E-state index contributed by atoms with van der Waals surface area (Å²) < 4.78 is 6.32. The van der Waals surface area contributed by atoms with Crippen molar-refractivity contribution < 1.29 is 4.42 Å². The Bertz CT molecular complexity index is 1610. The number of furan rings is 1. The quantitative estimate of drug-likeness (QED) is 0.274. The van der Waals surface area contributed by atoms with Gasteiger partial charge >= 0.3 is 0 Å². The molecule has 0 aliphatic carbocycles. The molecule has 0 aliphatic rings. The van der Waals surface area contributed by atoms with E-state index in [2.05, 4.69) is 116 Å². The van der Waals surface area contributed by atoms with E-state index in [1.54, 1.807) is 0 Å². The van der Waals surface area contributed by atoms with Crippen molar-refractivity contribution in [3.63, 3.8) is 0 Å². The molecular weight excluding hydrogens is 414 g/mol. The smallest absolute Gasteiger partial charge is 0.136 e. The minimum absolute atomic E-state index is 0.465. The molecule has 0 bridgehead atoms. The lowest BCUT2D eigenvalue weighted by Crippen LogP contribution is -1.90. The summed E-state index contributed by atoms with van der Waals surface area (Å²) in [4.78, 5) is 4.61. The summed E-state index contributed by atoms with van der Waals surface area (Å²) in [6, 6.07) is 36.3. The molecule has 6 rings (SSSR count). The summed E-state index contributed by atoms with van der Waals surface area (Å²) in [6.45, 7) is 4.41. The SMILES string of the molecule is CC(C)c1ccnc(-c2ccc3c(c2)oc2cccc(-c4ccc(-c5ccccc5)cc4)c23)c1. The fourth-order valence-corrected chi connectivity index (χ4v) is 4.66. The summed E-state index contributed by atoms with van der Waals surface area (Å²) in [7, 11) is 0. The normalized spacial score (nSPS) is 11.5. The molecule has 0 N–H and O–H groups in total. The second kappa shape index (κ2) is 8.31. The molecule has 2 aromatic heterocycles. The molecule has 0 saturated heterocycles. The average molecular weight is 440 g/mol. The number of nitrogens with zero attached hydrogens (tertiary/aromatic N) is 1. The van der Waals surface area contributed by atoms with Crippen LogP contribution in [0.4, 0.5) is 0 Å². The highest BCUT2D eigenvalue weighted by Gasteiger charge is 2.14. The zero-order valence-electron chi connectivity index (χ0n) is 19.3. The number of fused-ring (bicyclic) bond motifs is 3. The monoisotopic (exact) mass is 439 g/mol. The highest BCUT2D eigenvalue weighted by Crippen LogP contribution is 2.38. The molecular formula is C32H25NO. The van der Waals surface area contributed by atoms with Crippen molar-refractivity contribution in [1.82, 2.24) is 4.98 Å². The zero-order chi connectivity index (χ0) is 23.1. The van der Waals surface area contributed by atoms with Gasteiger partial charge in [0.1, 0.15) is 11.2 Å². The Morgan fingerprint density at radius 3 is 2.15 bits per heavy atom. The highest BCUT2D eigenvalue weighted by molar-refractivity contribution is 6.13. The molecule has 2 nitrogen and oxygen atoms in total. The van der Waals surface area contributed by atoms with Gasteiger partial charge in [-0.3, -0.25) is 4.98 Å². The third-order valence-electron chi connectivity index (χ3n) is 6.55. The molecule has 0 amide bonds. The zero-order valence-corrected chi connectivity index (χ0v) is 19.3. The minimum Gasteiger partial charge on any atom is -0.456 e. The van der Waals surface area contributed by atoms with Gasteiger partial charge in [0, 0.05) is 22.5 Å². The molecule has 0 radical (unpaired) electrons. The van der Waals surface area contributed by atoms with Crippen LogP contribution in [0.15, 0.2) is 114 Å². The molecule has 2 heterocycles. The molecule has 4 aromatic carbocycles. The predicted octanol–water partition coefficient (Wildman–Crippen LogP) is 9.11. The maximum atomic E-state index is 6.32. The third kappa shape index (κ3) is 3.58. The molecule has 6 aromatic rings. The number of aromatic nitrogens is 1. The lowest BCUT2D eigenvalue weighted by Gasteiger charge is -2.08. The number of benzene rings is 4. The van der Waals surface area contributed by atoms with Gasteiger partial charge in [-0.1, -0.05) is 86.6 Å². The summed E-state index contributed by atoms with van der Waals surface area (Å²) in [5.41, 5.74) is 9.94. The fraction of sp³-hybridized carbons (Fsp3) is 0.0938. The topological polar surface area (TPSA) is 26.0 Å². The molecule has 0 aliphatic heterocycles. The summed E-state index contributed by atoms with van der Waals surface area (Å²) >= 11 is 0. The molecule has 164 valence electrons. The lowest BCUT2D eigenvalue weighted by atomic mass is 9.96. The number of hydrogen-bond donors (Lipinski definition) is 0. The number of pyridine rings is 1. The van der Waals surface area contributed by atoms with Gasteiger partial charge in [-0.2, -0.15) is 0 Å². The summed E-state index contributed by atoms with van der Waals surface area (Å²) in [5, 5.41) is 2.28. The van der Waals surface area contributed by atoms with Crippen LogP contribution in [0, 0.1) is 0 Å². The molecule has 0 unspecified atom stereocenters. The van der Waals surface area contributed by atoms with Crippen molar-refractivity contribution >= 4 is 21.9 Å². The van der Waals surface area contributed by atoms with E-state index in [1.807, 2.05) is 12.3 Å². The van der Waals surface area contributed by atoms with Gasteiger partial charge in [0.15, 0.2) is 0 Å². The Balaban J connectivity index is 1.44. The van der Waals surface area contributed by atoms with Gasteiger partial charge < -0.3 is 4.42 Å². The van der Waals surface area contributed by atoms with Gasteiger partial charge in [0.25, 0.3) is 0 Å². The van der Waals surface area contributed by atoms with E-state index >= 15 is 0 Å². The summed E-state index contributed by atoms with van der Waals surface area (Å²) in [6.07, 6.45) is 1.89. The molecule has 0 saturated carbocycles. The van der Waals surface area contributed by atoms with E-state index in [9.17, 15) is 0 Å². The first-order valence-corrected chi connectivity index (χ1v) is 11.7. The Morgan fingerprint density at radius 2 is 1.35 bits per heavy atom. The van der Waals surface area contributed by atoms with Crippen LogP contribution < -0.4 is 0 Å². The third-order valence-corrected chi connectivity index (χ3v) is 6.55. The van der Waals surface area contributed by atoms with Gasteiger partial charge in [0.2, 0.25) is 0 Å². The van der Waals surface area contributed by atoms with Gasteiger partial charge in [-0.05, 0) is 64.1 Å². The molecule has 0 atom stereocenters. The van der Waals surface area contributed by atoms with Crippen LogP contribution in [-0.2, 0) is 0 Å². The van der Waals surface area contributed by atoms with Gasteiger partial charge in [-0.25, -0.2) is 0 Å². The maximum absolute atomic E-state index is 6.32. The van der Waals surface area contributed by atoms with Crippen molar-refractivity contribution in [2.24, 2.45) is 0 Å². The van der Waals surface area contributed by atoms with Crippen LogP contribution in [0.3, 0.4) is 0 Å². The second-order valence-electron chi connectivity index (χ2n) is 9.06. The van der Waals surface area contributed by atoms with Crippen molar-refractivity contribution in [3.05, 3.63) is 115 Å². The number of hydrogen-bond acceptors (Lipinski definition) is 2. The van der Waals surface area contributed by atoms with E-state index < -0.39 is 0 Å². The van der Waals surface area contributed by atoms with Crippen molar-refractivity contribution in [2.45, 2.75) is 19.8 Å². The first-order valence-electron chi connectivity index (χ1n) is 11.7. The average Bonchev–Trinajstić information content (AvgIpc) is 3.27. The first-order chi connectivity index (χ1) is 16.7. The summed E-state index contributed by atoms with van der Waals surface area (Å²) in [5.74, 6) is 0.465. The van der Waals surface area contributed by atoms with E-state index in [-0.39, 0.29) is 0 Å².